The van der Waals surface area contributed by atoms with Crippen LogP contribution in [0.15, 0.2) is 0 Å². The van der Waals surface area contributed by atoms with Gasteiger partial charge in [0.1, 0.15) is 6.17 Å². The smallest absolute Gasteiger partial charge is 0.247 e. The first-order chi connectivity index (χ1) is 8.79. The molecule has 0 aromatic rings. The van der Waals surface area contributed by atoms with Crippen molar-refractivity contribution in [3.05, 3.63) is 0 Å². The summed E-state index contributed by atoms with van der Waals surface area (Å²) in [7, 11) is 0. The molecule has 0 amide bonds. The molecule has 112 valence electrons. The molecule has 19 heavy (non-hydrogen) atoms. The number of rotatable bonds is 8. The van der Waals surface area contributed by atoms with Gasteiger partial charge in [-0.3, -0.25) is 0 Å². The Morgan fingerprint density at radius 3 is 2.21 bits per heavy atom. The highest BCUT2D eigenvalue weighted by molar-refractivity contribution is 4.92. The minimum absolute atomic E-state index is 0.00162. The van der Waals surface area contributed by atoms with Crippen LogP contribution in [0.25, 0.3) is 0 Å². The van der Waals surface area contributed by atoms with Gasteiger partial charge in [0.2, 0.25) is 0 Å². The lowest BCUT2D eigenvalue weighted by molar-refractivity contribution is -0.0581. The Morgan fingerprint density at radius 2 is 1.68 bits per heavy atom. The zero-order valence-corrected chi connectivity index (χ0v) is 12.3. The van der Waals surface area contributed by atoms with Crippen LogP contribution in [0.4, 0.5) is 13.2 Å². The molecule has 2 fully saturated rings. The van der Waals surface area contributed by atoms with Crippen molar-refractivity contribution in [2.24, 2.45) is 29.6 Å². The summed E-state index contributed by atoms with van der Waals surface area (Å²) >= 11 is 0. The van der Waals surface area contributed by atoms with Crippen molar-refractivity contribution >= 4 is 0 Å². The van der Waals surface area contributed by atoms with E-state index in [1.54, 1.807) is 13.8 Å². The summed E-state index contributed by atoms with van der Waals surface area (Å²) in [6.45, 7) is 5.10. The van der Waals surface area contributed by atoms with E-state index in [0.29, 0.717) is 18.3 Å². The van der Waals surface area contributed by atoms with Crippen molar-refractivity contribution in [1.82, 2.24) is 0 Å². The number of halogens is 3. The normalized spacial score (nSPS) is 30.5. The summed E-state index contributed by atoms with van der Waals surface area (Å²) in [4.78, 5) is 0. The van der Waals surface area contributed by atoms with Crippen molar-refractivity contribution in [3.63, 3.8) is 0 Å². The predicted molar refractivity (Wildman–Crippen MR) is 72.0 cm³/mol. The third kappa shape index (κ3) is 4.39. The second-order valence-corrected chi connectivity index (χ2v) is 7.28. The van der Waals surface area contributed by atoms with Crippen LogP contribution >= 0.6 is 0 Å². The Morgan fingerprint density at radius 1 is 1.05 bits per heavy atom. The Bertz CT molecular complexity index is 296. The van der Waals surface area contributed by atoms with Crippen molar-refractivity contribution in [3.8, 4) is 0 Å². The maximum absolute atomic E-state index is 13.9. The Labute approximate surface area is 115 Å². The number of hydrogen-bond acceptors (Lipinski definition) is 0. The first-order valence-corrected chi connectivity index (χ1v) is 7.81. The molecule has 0 heterocycles. The maximum Gasteiger partial charge on any atom is 0.250 e. The van der Waals surface area contributed by atoms with E-state index in [1.165, 1.54) is 12.8 Å². The minimum atomic E-state index is -2.55. The lowest BCUT2D eigenvalue weighted by Gasteiger charge is -2.21. The molecule has 0 nitrogen and oxygen atoms in total. The standard InChI is InChI=1S/C16H27F3/c1-10(2)16(18,19)9-14-8-13(14)6-11(3)15(17)7-12-4-5-12/h10-15H,4-9H2,1-3H3/t11?,13?,14?,15-/m1/s1. The molecule has 3 heteroatoms. The highest BCUT2D eigenvalue weighted by Crippen LogP contribution is 2.51. The summed E-state index contributed by atoms with van der Waals surface area (Å²) in [6, 6.07) is 0. The summed E-state index contributed by atoms with van der Waals surface area (Å²) in [5.74, 6) is -2.01. The zero-order chi connectivity index (χ0) is 14.2. The summed E-state index contributed by atoms with van der Waals surface area (Å²) in [6.07, 6.45) is 4.01. The molecular formula is C16H27F3. The van der Waals surface area contributed by atoms with E-state index in [-0.39, 0.29) is 18.3 Å². The van der Waals surface area contributed by atoms with Crippen LogP contribution < -0.4 is 0 Å². The third-order valence-electron chi connectivity index (χ3n) is 5.00. The Hall–Kier alpha value is -0.210. The molecule has 0 aromatic carbocycles. The summed E-state index contributed by atoms with van der Waals surface area (Å²) in [5, 5.41) is 0. The quantitative estimate of drug-likeness (QED) is 0.551. The fourth-order valence-electron chi connectivity index (χ4n) is 2.96. The van der Waals surface area contributed by atoms with Crippen LogP contribution in [-0.2, 0) is 0 Å². The lowest BCUT2D eigenvalue weighted by Crippen LogP contribution is -2.24. The van der Waals surface area contributed by atoms with Crippen LogP contribution in [-0.4, -0.2) is 12.1 Å². The van der Waals surface area contributed by atoms with Crippen LogP contribution in [0.3, 0.4) is 0 Å². The van der Waals surface area contributed by atoms with Gasteiger partial charge in [-0.1, -0.05) is 33.6 Å². The maximum atomic E-state index is 13.9. The van der Waals surface area contributed by atoms with E-state index >= 15 is 0 Å². The average Bonchev–Trinajstić information content (AvgIpc) is 3.18. The molecule has 0 radical (unpaired) electrons. The molecule has 3 unspecified atom stereocenters. The molecule has 2 saturated carbocycles. The van der Waals surface area contributed by atoms with Crippen molar-refractivity contribution in [2.75, 3.05) is 0 Å². The number of alkyl halides is 3. The van der Waals surface area contributed by atoms with Gasteiger partial charge in [0.15, 0.2) is 0 Å². The monoisotopic (exact) mass is 276 g/mol. The van der Waals surface area contributed by atoms with E-state index in [0.717, 1.165) is 12.8 Å². The van der Waals surface area contributed by atoms with Crippen LogP contribution in [0, 0.1) is 29.6 Å². The van der Waals surface area contributed by atoms with E-state index in [1.807, 2.05) is 6.92 Å². The summed E-state index contributed by atoms with van der Waals surface area (Å²) < 4.78 is 41.1. The first-order valence-electron chi connectivity index (χ1n) is 7.81. The van der Waals surface area contributed by atoms with Gasteiger partial charge in [0.25, 0.3) is 5.92 Å². The molecule has 0 saturated heterocycles. The number of hydrogen-bond donors (Lipinski definition) is 0. The molecule has 0 bridgehead atoms. The fraction of sp³-hybridized carbons (Fsp3) is 1.00. The van der Waals surface area contributed by atoms with Gasteiger partial charge in [-0.25, -0.2) is 13.2 Å². The highest BCUT2D eigenvalue weighted by Gasteiger charge is 2.46. The van der Waals surface area contributed by atoms with Gasteiger partial charge in [-0.2, -0.15) is 0 Å². The van der Waals surface area contributed by atoms with E-state index in [9.17, 15) is 13.2 Å². The largest absolute Gasteiger partial charge is 0.250 e. The van der Waals surface area contributed by atoms with E-state index < -0.39 is 18.0 Å². The zero-order valence-electron chi connectivity index (χ0n) is 12.3. The topological polar surface area (TPSA) is 0 Å². The van der Waals surface area contributed by atoms with E-state index in [2.05, 4.69) is 0 Å². The van der Waals surface area contributed by atoms with E-state index in [4.69, 9.17) is 0 Å². The molecule has 4 atom stereocenters. The van der Waals surface area contributed by atoms with Crippen LogP contribution in [0.1, 0.15) is 59.3 Å². The molecule has 2 aliphatic carbocycles. The SMILES string of the molecule is CC(CC1CC1CC(F)(F)C(C)C)[C@H](F)CC1CC1. The first kappa shape index (κ1) is 15.2. The van der Waals surface area contributed by atoms with Crippen molar-refractivity contribution in [1.29, 1.82) is 0 Å². The molecule has 2 rings (SSSR count). The van der Waals surface area contributed by atoms with Crippen LogP contribution in [0.2, 0.25) is 0 Å². The molecule has 0 aliphatic heterocycles. The molecule has 0 N–H and O–H groups in total. The molecular weight excluding hydrogens is 249 g/mol. The minimum Gasteiger partial charge on any atom is -0.247 e. The summed E-state index contributed by atoms with van der Waals surface area (Å²) in [5.41, 5.74) is 0. The van der Waals surface area contributed by atoms with Gasteiger partial charge in [0, 0.05) is 12.3 Å². The predicted octanol–water partition coefficient (Wildman–Crippen LogP) is 5.47. The van der Waals surface area contributed by atoms with Gasteiger partial charge >= 0.3 is 0 Å². The average molecular weight is 276 g/mol. The van der Waals surface area contributed by atoms with Gasteiger partial charge in [-0.05, 0) is 42.9 Å². The third-order valence-corrected chi connectivity index (χ3v) is 5.00. The molecule has 0 aromatic heterocycles. The highest BCUT2D eigenvalue weighted by atomic mass is 19.3. The van der Waals surface area contributed by atoms with Crippen molar-refractivity contribution < 1.29 is 13.2 Å². The Kier molecular flexibility index (Phi) is 4.52. The fourth-order valence-corrected chi connectivity index (χ4v) is 2.96. The van der Waals surface area contributed by atoms with Gasteiger partial charge in [0.05, 0.1) is 0 Å². The second-order valence-electron chi connectivity index (χ2n) is 7.28. The molecule has 2 aliphatic rings. The van der Waals surface area contributed by atoms with Gasteiger partial charge in [-0.15, -0.1) is 0 Å². The molecule has 0 spiro atoms. The lowest BCUT2D eigenvalue weighted by atomic mass is 9.93. The van der Waals surface area contributed by atoms with Crippen LogP contribution in [0.5, 0.6) is 0 Å². The van der Waals surface area contributed by atoms with Crippen molar-refractivity contribution in [2.45, 2.75) is 71.4 Å². The Balaban J connectivity index is 1.68. The van der Waals surface area contributed by atoms with Gasteiger partial charge < -0.3 is 0 Å². The second kappa shape index (κ2) is 5.65.